The second-order valence-electron chi connectivity index (χ2n) is 19.5. The van der Waals surface area contributed by atoms with Crippen molar-refractivity contribution in [3.63, 3.8) is 0 Å². The number of primary amides is 2. The van der Waals surface area contributed by atoms with Gasteiger partial charge in [0.05, 0.1) is 16.7 Å². The number of nitrogens with one attached hydrogen (secondary N) is 2. The maximum absolute atomic E-state index is 15.0. The normalized spacial score (nSPS) is 30.4. The van der Waals surface area contributed by atoms with Crippen LogP contribution in [0.25, 0.3) is 0 Å². The predicted octanol–water partition coefficient (Wildman–Crippen LogP) is 3.95. The van der Waals surface area contributed by atoms with E-state index in [1.807, 2.05) is 9.80 Å². The van der Waals surface area contributed by atoms with E-state index in [0.717, 1.165) is 6.26 Å². The molecule has 3 saturated heterocycles. The molecule has 0 saturated carbocycles. The van der Waals surface area contributed by atoms with Crippen LogP contribution < -0.4 is 27.0 Å². The Kier molecular flexibility index (Phi) is 11.2. The summed E-state index contributed by atoms with van der Waals surface area (Å²) in [6, 6.07) is 18.9. The van der Waals surface area contributed by atoms with Gasteiger partial charge in [-0.05, 0) is 98.1 Å². The van der Waals surface area contributed by atoms with Crippen molar-refractivity contribution in [3.05, 3.63) is 95.1 Å². The van der Waals surface area contributed by atoms with Crippen molar-refractivity contribution in [1.29, 1.82) is 0 Å². The zero-order valence-electron chi connectivity index (χ0n) is 37.1. The number of hydrogen-bond acceptors (Lipinski definition) is 11. The monoisotopic (exact) mass is 911 g/mol. The third-order valence-corrected chi connectivity index (χ3v) is 16.8. The molecule has 4 aliphatic carbocycles. The molecule has 3 aromatic rings. The fourth-order valence-corrected chi connectivity index (χ4v) is 14.1. The number of hydrogen-bond donors (Lipinski definition) is 6. The Morgan fingerprint density at radius 3 is 1.28 bits per heavy atom. The number of carbonyl (C=O) groups excluding carboxylic acids is 4. The number of sulfone groups is 1. The van der Waals surface area contributed by atoms with Crippen molar-refractivity contribution in [3.8, 4) is 0 Å². The van der Waals surface area contributed by atoms with Crippen molar-refractivity contribution >= 4 is 51.3 Å². The Bertz CT molecular complexity index is 2430. The second kappa shape index (κ2) is 15.9. The number of carboxylic acid groups (broad SMARTS) is 2. The van der Waals surface area contributed by atoms with Crippen LogP contribution in [0.1, 0.15) is 100 Å². The van der Waals surface area contributed by atoms with Crippen molar-refractivity contribution in [1.82, 2.24) is 20.4 Å². The van der Waals surface area contributed by atoms with Gasteiger partial charge in [-0.15, -0.1) is 0 Å². The lowest BCUT2D eigenvalue weighted by Crippen LogP contribution is -2.70. The number of fused-ring (bicyclic) bond motifs is 8. The number of nitrogens with zero attached hydrogens (tertiary/aromatic N) is 3. The first-order valence-corrected chi connectivity index (χ1v) is 23.9. The summed E-state index contributed by atoms with van der Waals surface area (Å²) in [6.45, 7) is 7.80. The highest BCUT2D eigenvalue weighted by Gasteiger charge is 2.67. The smallest absolute Gasteiger partial charge is 0.411 e. The van der Waals surface area contributed by atoms with Crippen LogP contribution >= 0.6 is 0 Å². The molecule has 346 valence electrons. The molecule has 0 spiro atoms. The molecule has 10 rings (SSSR count). The van der Waals surface area contributed by atoms with E-state index in [2.05, 4.69) is 15.5 Å². The van der Waals surface area contributed by atoms with Gasteiger partial charge >= 0.3 is 12.2 Å². The van der Waals surface area contributed by atoms with Gasteiger partial charge in [-0.1, -0.05) is 76.2 Å². The number of rotatable bonds is 10. The van der Waals surface area contributed by atoms with Gasteiger partial charge in [-0.3, -0.25) is 39.6 Å². The molecular formula is C47H57N7O10S. The van der Waals surface area contributed by atoms with Crippen LogP contribution in [0.5, 0.6) is 0 Å². The second-order valence-corrected chi connectivity index (χ2v) is 21.5. The van der Waals surface area contributed by atoms with Crippen molar-refractivity contribution < 1.29 is 47.4 Å². The van der Waals surface area contributed by atoms with Crippen LogP contribution in [0.4, 0.5) is 15.3 Å². The average molecular weight is 912 g/mol. The summed E-state index contributed by atoms with van der Waals surface area (Å²) in [7, 11) is -3.60. The molecular weight excluding hydrogens is 855 g/mol. The summed E-state index contributed by atoms with van der Waals surface area (Å²) in [4.78, 5) is 88.2. The third kappa shape index (κ3) is 6.72. The Morgan fingerprint density at radius 1 is 0.585 bits per heavy atom. The summed E-state index contributed by atoms with van der Waals surface area (Å²) >= 11 is 0. The van der Waals surface area contributed by atoms with E-state index < -0.39 is 104 Å². The molecule has 0 aromatic heterocycles. The SMILES string of the molecule is CC1(C)C(C(N)=O)c2ccc(cc2)[C@@]1(C(=O)NC(=O)O)N1CCCC1[C@H]1CC[C@H](C2CCCN2[C@]2(C(=O)NC(=O)O)c3ccc(cc3)C(C(N)=O)C2(C)C)N1c1ccc(S(C)(=O)=O)cc1. The highest BCUT2D eigenvalue weighted by atomic mass is 32.2. The molecule has 18 heteroatoms. The van der Waals surface area contributed by atoms with Gasteiger partial charge in [0.25, 0.3) is 11.8 Å². The van der Waals surface area contributed by atoms with Gasteiger partial charge < -0.3 is 26.6 Å². The van der Waals surface area contributed by atoms with Crippen LogP contribution in [0, 0.1) is 10.8 Å². The van der Waals surface area contributed by atoms with E-state index in [-0.39, 0.29) is 4.90 Å². The maximum atomic E-state index is 15.0. The quantitative estimate of drug-likeness (QED) is 0.169. The summed E-state index contributed by atoms with van der Waals surface area (Å²) < 4.78 is 25.5. The Morgan fingerprint density at radius 2 is 0.954 bits per heavy atom. The molecule has 4 bridgehead atoms. The number of carbonyl (C=O) groups is 6. The molecule has 8 N–H and O–H groups in total. The summed E-state index contributed by atoms with van der Waals surface area (Å²) in [6.07, 6.45) is 1.42. The van der Waals surface area contributed by atoms with Gasteiger partial charge in [0.15, 0.2) is 9.84 Å². The molecule has 6 amide bonds. The highest BCUT2D eigenvalue weighted by molar-refractivity contribution is 7.90. The summed E-state index contributed by atoms with van der Waals surface area (Å²) in [5, 5.41) is 24.5. The lowest BCUT2D eigenvalue weighted by molar-refractivity contribution is -0.150. The fourth-order valence-electron chi connectivity index (χ4n) is 13.5. The van der Waals surface area contributed by atoms with Crippen molar-refractivity contribution in [2.24, 2.45) is 22.3 Å². The number of amides is 6. The van der Waals surface area contributed by atoms with Crippen LogP contribution in [0.2, 0.25) is 0 Å². The Hall–Kier alpha value is -5.85. The van der Waals surface area contributed by atoms with Gasteiger partial charge in [0.1, 0.15) is 11.1 Å². The number of anilines is 1. The molecule has 3 aliphatic heterocycles. The fraction of sp³-hybridized carbons (Fsp3) is 0.489. The molecule has 4 unspecified atom stereocenters. The molecule has 8 atom stereocenters. The summed E-state index contributed by atoms with van der Waals surface area (Å²) in [5.74, 6) is -4.97. The molecule has 0 radical (unpaired) electrons. The topological polar surface area (TPSA) is 263 Å². The van der Waals surface area contributed by atoms with Crippen molar-refractivity contribution in [2.75, 3.05) is 24.2 Å². The first-order chi connectivity index (χ1) is 30.5. The largest absolute Gasteiger partial charge is 0.465 e. The van der Waals surface area contributed by atoms with Gasteiger partial charge in [-0.25, -0.2) is 18.0 Å². The minimum absolute atomic E-state index is 0.106. The first kappa shape index (κ1) is 45.7. The van der Waals surface area contributed by atoms with Crippen LogP contribution in [0.3, 0.4) is 0 Å². The number of benzene rings is 3. The Labute approximate surface area is 377 Å². The maximum Gasteiger partial charge on any atom is 0.411 e. The van der Waals surface area contributed by atoms with E-state index in [1.165, 1.54) is 0 Å². The van der Waals surface area contributed by atoms with E-state index in [4.69, 9.17) is 11.5 Å². The molecule has 7 aliphatic rings. The third-order valence-electron chi connectivity index (χ3n) is 15.7. The van der Waals surface area contributed by atoms with E-state index in [0.29, 0.717) is 79.6 Å². The minimum atomic E-state index is -3.60. The lowest BCUT2D eigenvalue weighted by atomic mass is 9.60. The lowest BCUT2D eigenvalue weighted by Gasteiger charge is -2.56. The minimum Gasteiger partial charge on any atom is -0.465 e. The van der Waals surface area contributed by atoms with Gasteiger partial charge in [-0.2, -0.15) is 0 Å². The van der Waals surface area contributed by atoms with E-state index in [9.17, 15) is 47.4 Å². The van der Waals surface area contributed by atoms with Crippen LogP contribution in [-0.2, 0) is 40.1 Å². The molecule has 3 heterocycles. The highest BCUT2D eigenvalue weighted by Crippen LogP contribution is 2.60. The average Bonchev–Trinajstić information content (AvgIpc) is 3.94. The summed E-state index contributed by atoms with van der Waals surface area (Å²) in [5.41, 5.74) is 9.08. The first-order valence-electron chi connectivity index (χ1n) is 22.0. The zero-order valence-corrected chi connectivity index (χ0v) is 37.9. The Balaban J connectivity index is 1.31. The van der Waals surface area contributed by atoms with Crippen molar-refractivity contribution in [2.45, 2.75) is 118 Å². The molecule has 65 heavy (non-hydrogen) atoms. The van der Waals surface area contributed by atoms with Gasteiger partial charge in [0.2, 0.25) is 11.8 Å². The molecule has 17 nitrogen and oxygen atoms in total. The van der Waals surface area contributed by atoms with Crippen LogP contribution in [0.15, 0.2) is 77.7 Å². The molecule has 3 fully saturated rings. The number of nitrogens with two attached hydrogens (primary N) is 2. The molecule has 3 aromatic carbocycles. The predicted molar refractivity (Wildman–Crippen MR) is 238 cm³/mol. The number of likely N-dealkylation sites (tertiary alicyclic amines) is 2. The number of imide groups is 2. The van der Waals surface area contributed by atoms with E-state index >= 15 is 0 Å². The zero-order chi connectivity index (χ0) is 47.2. The van der Waals surface area contributed by atoms with Crippen LogP contribution in [-0.4, -0.2) is 108 Å². The van der Waals surface area contributed by atoms with E-state index in [1.54, 1.807) is 100 Å². The van der Waals surface area contributed by atoms with Gasteiger partial charge in [0, 0.05) is 46.9 Å². The standard InChI is InChI=1S/C47H57N7O10S/c1-44(2)36(38(48)55)26-10-14-28(15-11-26)46(44,40(57)50-42(59)60)52-24-6-8-32(52)34-22-23-35(54(34)30-18-20-31(21-19-30)65(5,63)64)33-9-7-25-53(33)47(41(58)51-43(61)62)29-16-12-27(13-17-29)37(39(49)56)45(47,3)4/h10-21,32-37H,6-9,22-25H2,1-5H3,(H2,48,55)(H2,49,56)(H,50,57)(H,51,58)(H,59,60)(H,61,62)/t32?,33?,34-,35-,36?,37?,46+,47+/m1/s1.